The predicted molar refractivity (Wildman–Crippen MR) is 77.7 cm³/mol. The van der Waals surface area contributed by atoms with E-state index in [1.807, 2.05) is 0 Å². The summed E-state index contributed by atoms with van der Waals surface area (Å²) in [6.45, 7) is -0.0185. The summed E-state index contributed by atoms with van der Waals surface area (Å²) in [5, 5.41) is 20.6. The maximum atomic E-state index is 12.5. The van der Waals surface area contributed by atoms with Gasteiger partial charge in [0.25, 0.3) is 17.5 Å². The molecule has 22 heavy (non-hydrogen) atoms. The van der Waals surface area contributed by atoms with Gasteiger partial charge in [0, 0.05) is 35.7 Å². The Morgan fingerprint density at radius 3 is 2.41 bits per heavy atom. The number of imide groups is 1. The van der Waals surface area contributed by atoms with Gasteiger partial charge in [-0.3, -0.25) is 24.6 Å². The van der Waals surface area contributed by atoms with E-state index in [-0.39, 0.29) is 41.8 Å². The number of hydrogen-bond donors (Lipinski definition) is 1. The number of nitro benzene ring substituents is 1. The van der Waals surface area contributed by atoms with E-state index in [1.54, 1.807) is 12.1 Å². The molecule has 7 nitrogen and oxygen atoms in total. The summed E-state index contributed by atoms with van der Waals surface area (Å²) < 4.78 is 0. The van der Waals surface area contributed by atoms with Crippen molar-refractivity contribution in [1.82, 2.24) is 4.90 Å². The largest absolute Gasteiger partial charge is 0.396 e. The van der Waals surface area contributed by atoms with Crippen molar-refractivity contribution in [2.75, 3.05) is 13.2 Å². The van der Waals surface area contributed by atoms with Crippen LogP contribution in [-0.2, 0) is 0 Å². The molecule has 0 radical (unpaired) electrons. The first-order valence-corrected chi connectivity index (χ1v) is 6.73. The number of aliphatic hydroxyl groups is 1. The first kappa shape index (κ1) is 14.2. The molecule has 2 aromatic carbocycles. The van der Waals surface area contributed by atoms with E-state index in [4.69, 9.17) is 5.11 Å². The summed E-state index contributed by atoms with van der Waals surface area (Å²) >= 11 is 0. The van der Waals surface area contributed by atoms with E-state index in [9.17, 15) is 19.7 Å². The maximum Gasteiger partial charge on any atom is 0.277 e. The maximum absolute atomic E-state index is 12.5. The fraction of sp³-hybridized carbons (Fsp3) is 0.200. The van der Waals surface area contributed by atoms with Crippen molar-refractivity contribution < 1.29 is 19.6 Å². The highest BCUT2D eigenvalue weighted by molar-refractivity contribution is 6.26. The molecule has 1 aliphatic heterocycles. The van der Waals surface area contributed by atoms with Gasteiger partial charge in [-0.05, 0) is 24.6 Å². The Morgan fingerprint density at radius 1 is 1.09 bits per heavy atom. The molecule has 3 rings (SSSR count). The summed E-state index contributed by atoms with van der Waals surface area (Å²) in [6, 6.07) is 7.30. The topological polar surface area (TPSA) is 101 Å². The second kappa shape index (κ2) is 5.19. The molecular weight excluding hydrogens is 288 g/mol. The minimum absolute atomic E-state index is 0.112. The molecule has 2 aromatic rings. The smallest absolute Gasteiger partial charge is 0.277 e. The van der Waals surface area contributed by atoms with Gasteiger partial charge in [-0.25, -0.2) is 0 Å². The zero-order valence-electron chi connectivity index (χ0n) is 11.5. The van der Waals surface area contributed by atoms with Gasteiger partial charge in [-0.2, -0.15) is 0 Å². The molecule has 0 spiro atoms. The van der Waals surface area contributed by atoms with Crippen molar-refractivity contribution in [3.8, 4) is 0 Å². The highest BCUT2D eigenvalue weighted by Gasteiger charge is 2.34. The second-order valence-electron chi connectivity index (χ2n) is 4.96. The molecule has 0 bridgehead atoms. The lowest BCUT2D eigenvalue weighted by Gasteiger charge is -2.26. The van der Waals surface area contributed by atoms with Crippen LogP contribution < -0.4 is 0 Å². The van der Waals surface area contributed by atoms with Gasteiger partial charge in [-0.1, -0.05) is 6.07 Å². The van der Waals surface area contributed by atoms with Gasteiger partial charge in [0.15, 0.2) is 0 Å². The quantitative estimate of drug-likeness (QED) is 0.526. The van der Waals surface area contributed by atoms with E-state index in [1.165, 1.54) is 18.2 Å². The van der Waals surface area contributed by atoms with Gasteiger partial charge in [0.2, 0.25) is 0 Å². The number of non-ortho nitro benzene ring substituents is 1. The molecule has 1 aliphatic rings. The molecule has 0 atom stereocenters. The van der Waals surface area contributed by atoms with Crippen molar-refractivity contribution in [3.63, 3.8) is 0 Å². The van der Waals surface area contributed by atoms with Gasteiger partial charge >= 0.3 is 0 Å². The van der Waals surface area contributed by atoms with Crippen LogP contribution in [0.4, 0.5) is 5.69 Å². The van der Waals surface area contributed by atoms with Crippen molar-refractivity contribution in [3.05, 3.63) is 51.6 Å². The first-order chi connectivity index (χ1) is 10.6. The zero-order valence-corrected chi connectivity index (χ0v) is 11.5. The summed E-state index contributed by atoms with van der Waals surface area (Å²) in [4.78, 5) is 36.6. The zero-order chi connectivity index (χ0) is 15.9. The van der Waals surface area contributed by atoms with Crippen LogP contribution in [0.5, 0.6) is 0 Å². The molecule has 0 fully saturated rings. The highest BCUT2D eigenvalue weighted by Crippen LogP contribution is 2.35. The molecular formula is C15H12N2O5. The number of carbonyl (C=O) groups excluding carboxylic acids is 2. The summed E-state index contributed by atoms with van der Waals surface area (Å²) in [6.07, 6.45) is 0.287. The van der Waals surface area contributed by atoms with E-state index < -0.39 is 16.7 Å². The number of benzene rings is 2. The Labute approximate surface area is 124 Å². The highest BCUT2D eigenvalue weighted by atomic mass is 16.6. The lowest BCUT2D eigenvalue weighted by Crippen LogP contribution is -2.41. The second-order valence-corrected chi connectivity index (χ2v) is 4.96. The van der Waals surface area contributed by atoms with Crippen LogP contribution in [-0.4, -0.2) is 39.9 Å². The molecule has 0 saturated heterocycles. The van der Waals surface area contributed by atoms with Crippen LogP contribution in [0.2, 0.25) is 0 Å². The van der Waals surface area contributed by atoms with Gasteiger partial charge in [-0.15, -0.1) is 0 Å². The van der Waals surface area contributed by atoms with Crippen LogP contribution in [0.1, 0.15) is 27.1 Å². The third-order valence-electron chi connectivity index (χ3n) is 3.71. The number of aliphatic hydroxyl groups excluding tert-OH is 1. The standard InChI is InChI=1S/C15H12N2O5/c18-8-2-7-16-14(19)10-4-1-3-9-12(17(21)22)6-5-11(13(9)10)15(16)20/h1,3-6,18H,2,7-8H2. The average molecular weight is 300 g/mol. The molecule has 1 N–H and O–H groups in total. The third kappa shape index (κ3) is 1.94. The normalized spacial score (nSPS) is 13.8. The molecule has 112 valence electrons. The average Bonchev–Trinajstić information content (AvgIpc) is 2.51. The molecule has 1 heterocycles. The third-order valence-corrected chi connectivity index (χ3v) is 3.71. The summed E-state index contributed by atoms with van der Waals surface area (Å²) in [5.74, 6) is -0.978. The van der Waals surface area contributed by atoms with Crippen LogP contribution >= 0.6 is 0 Å². The molecule has 0 saturated carbocycles. The van der Waals surface area contributed by atoms with Crippen LogP contribution in [0.15, 0.2) is 30.3 Å². The number of nitro groups is 1. The fourth-order valence-electron chi connectivity index (χ4n) is 2.72. The lowest BCUT2D eigenvalue weighted by molar-refractivity contribution is -0.383. The van der Waals surface area contributed by atoms with Gasteiger partial charge in [0.1, 0.15) is 0 Å². The number of amides is 2. The Bertz CT molecular complexity index is 793. The van der Waals surface area contributed by atoms with Gasteiger partial charge < -0.3 is 5.11 Å². The van der Waals surface area contributed by atoms with Crippen LogP contribution in [0.25, 0.3) is 10.8 Å². The molecule has 0 unspecified atom stereocenters. The molecule has 2 amide bonds. The number of nitrogens with zero attached hydrogens (tertiary/aromatic N) is 2. The van der Waals surface area contributed by atoms with Crippen LogP contribution in [0.3, 0.4) is 0 Å². The number of hydrogen-bond acceptors (Lipinski definition) is 5. The van der Waals surface area contributed by atoms with Crippen LogP contribution in [0, 0.1) is 10.1 Å². The van der Waals surface area contributed by atoms with Crippen molar-refractivity contribution in [2.24, 2.45) is 0 Å². The minimum atomic E-state index is -0.532. The monoisotopic (exact) mass is 300 g/mol. The summed E-state index contributed by atoms with van der Waals surface area (Å²) in [7, 11) is 0. The molecule has 7 heteroatoms. The van der Waals surface area contributed by atoms with Crippen molar-refractivity contribution in [1.29, 1.82) is 0 Å². The minimum Gasteiger partial charge on any atom is -0.396 e. The predicted octanol–water partition coefficient (Wildman–Crippen LogP) is 1.73. The molecule has 0 aromatic heterocycles. The van der Waals surface area contributed by atoms with E-state index in [0.717, 1.165) is 4.90 Å². The number of carbonyl (C=O) groups is 2. The fourth-order valence-corrected chi connectivity index (χ4v) is 2.72. The Morgan fingerprint density at radius 2 is 1.77 bits per heavy atom. The summed E-state index contributed by atoms with van der Waals surface area (Å²) in [5.41, 5.74) is 0.410. The van der Waals surface area contributed by atoms with Crippen molar-refractivity contribution >= 4 is 28.3 Å². The Balaban J connectivity index is 2.25. The van der Waals surface area contributed by atoms with E-state index >= 15 is 0 Å². The molecule has 0 aliphatic carbocycles. The van der Waals surface area contributed by atoms with E-state index in [0.29, 0.717) is 5.39 Å². The van der Waals surface area contributed by atoms with Gasteiger partial charge in [0.05, 0.1) is 10.3 Å². The first-order valence-electron chi connectivity index (χ1n) is 6.73. The Kier molecular flexibility index (Phi) is 3.34. The number of rotatable bonds is 4. The Hall–Kier alpha value is -2.80. The SMILES string of the molecule is O=C1c2cccc3c([N+](=O)[O-])ccc(c23)C(=O)N1CCCO. The lowest BCUT2D eigenvalue weighted by atomic mass is 9.93. The van der Waals surface area contributed by atoms with E-state index in [2.05, 4.69) is 0 Å². The van der Waals surface area contributed by atoms with Crippen molar-refractivity contribution in [2.45, 2.75) is 6.42 Å².